The van der Waals surface area contributed by atoms with Crippen LogP contribution < -0.4 is 0 Å². The minimum Gasteiger partial charge on any atom is -0.303 e. The van der Waals surface area contributed by atoms with Crippen molar-refractivity contribution < 1.29 is 4.79 Å². The Kier molecular flexibility index (Phi) is 4.50. The summed E-state index contributed by atoms with van der Waals surface area (Å²) in [5, 5.41) is 5.80. The zero-order valence-corrected chi connectivity index (χ0v) is 7.72. The van der Waals surface area contributed by atoms with Gasteiger partial charge in [0.15, 0.2) is 0 Å². The molecule has 64 valence electrons. The highest BCUT2D eigenvalue weighted by Gasteiger charge is 2.00. The van der Waals surface area contributed by atoms with Crippen LogP contribution in [-0.4, -0.2) is 30.6 Å². The van der Waals surface area contributed by atoms with E-state index in [-0.39, 0.29) is 5.78 Å². The molecule has 0 aliphatic rings. The summed E-state index contributed by atoms with van der Waals surface area (Å²) in [6, 6.07) is 0. The number of nitrogens with zero attached hydrogens (tertiary/aromatic N) is 2. The van der Waals surface area contributed by atoms with E-state index in [1.54, 1.807) is 5.01 Å². The maximum Gasteiger partial charge on any atom is 0.138 e. The van der Waals surface area contributed by atoms with Gasteiger partial charge in [-0.1, -0.05) is 6.92 Å². The molecular weight excluding hydrogens is 140 g/mol. The second-order valence-electron chi connectivity index (χ2n) is 2.75. The molecule has 0 bridgehead atoms. The minimum absolute atomic E-state index is 0.244. The van der Waals surface area contributed by atoms with Crippen LogP contribution in [0.4, 0.5) is 0 Å². The van der Waals surface area contributed by atoms with Crippen molar-refractivity contribution >= 4 is 11.5 Å². The summed E-state index contributed by atoms with van der Waals surface area (Å²) in [5.41, 5.74) is 0.877. The van der Waals surface area contributed by atoms with E-state index >= 15 is 0 Å². The Bertz CT molecular complexity index is 161. The summed E-state index contributed by atoms with van der Waals surface area (Å²) < 4.78 is 0. The van der Waals surface area contributed by atoms with Crippen molar-refractivity contribution in [3.05, 3.63) is 0 Å². The molecule has 0 N–H and O–H groups in total. The maximum absolute atomic E-state index is 10.9. The van der Waals surface area contributed by atoms with Gasteiger partial charge in [0.2, 0.25) is 0 Å². The van der Waals surface area contributed by atoms with Gasteiger partial charge >= 0.3 is 0 Å². The van der Waals surface area contributed by atoms with E-state index in [0.29, 0.717) is 12.8 Å². The van der Waals surface area contributed by atoms with E-state index in [0.717, 1.165) is 5.71 Å². The lowest BCUT2D eigenvalue weighted by Gasteiger charge is -2.05. The lowest BCUT2D eigenvalue weighted by Crippen LogP contribution is -2.09. The average molecular weight is 156 g/mol. The highest BCUT2D eigenvalue weighted by atomic mass is 16.1. The van der Waals surface area contributed by atoms with Crippen molar-refractivity contribution in [2.45, 2.75) is 26.7 Å². The Labute approximate surface area is 68.1 Å². The fourth-order valence-electron chi connectivity index (χ4n) is 0.787. The third kappa shape index (κ3) is 5.58. The molecule has 3 heteroatoms. The number of ketones is 1. The first kappa shape index (κ1) is 10.1. The van der Waals surface area contributed by atoms with Crippen LogP contribution in [0.1, 0.15) is 26.7 Å². The van der Waals surface area contributed by atoms with Crippen molar-refractivity contribution in [1.29, 1.82) is 0 Å². The standard InChI is InChI=1S/C8H16N2O/c1-5-8(11)6-7(2)9-10(3)4/h5-6H2,1-4H3. The molecule has 0 radical (unpaired) electrons. The molecule has 11 heavy (non-hydrogen) atoms. The van der Waals surface area contributed by atoms with Gasteiger partial charge in [-0.3, -0.25) is 4.79 Å². The summed E-state index contributed by atoms with van der Waals surface area (Å²) in [5.74, 6) is 0.244. The lowest BCUT2D eigenvalue weighted by atomic mass is 10.2. The van der Waals surface area contributed by atoms with E-state index in [4.69, 9.17) is 0 Å². The predicted molar refractivity (Wildman–Crippen MR) is 46.7 cm³/mol. The van der Waals surface area contributed by atoms with Crippen molar-refractivity contribution in [2.75, 3.05) is 14.1 Å². The first-order chi connectivity index (χ1) is 5.06. The van der Waals surface area contributed by atoms with Crippen molar-refractivity contribution in [3.63, 3.8) is 0 Å². The van der Waals surface area contributed by atoms with Gasteiger partial charge in [0.1, 0.15) is 5.78 Å². The normalized spacial score (nSPS) is 11.5. The topological polar surface area (TPSA) is 32.7 Å². The van der Waals surface area contributed by atoms with Crippen LogP contribution in [0.3, 0.4) is 0 Å². The molecule has 0 aliphatic carbocycles. The van der Waals surface area contributed by atoms with Gasteiger partial charge in [-0.15, -0.1) is 0 Å². The van der Waals surface area contributed by atoms with Gasteiger partial charge in [-0.2, -0.15) is 5.10 Å². The molecule has 0 aliphatic heterocycles. The number of carbonyl (C=O) groups excluding carboxylic acids is 1. The minimum atomic E-state index is 0.244. The monoisotopic (exact) mass is 156 g/mol. The Morgan fingerprint density at radius 3 is 2.36 bits per heavy atom. The average Bonchev–Trinajstić information content (AvgIpc) is 1.85. The molecule has 0 aromatic heterocycles. The van der Waals surface area contributed by atoms with E-state index in [9.17, 15) is 4.79 Å². The van der Waals surface area contributed by atoms with Crippen LogP contribution in [0.2, 0.25) is 0 Å². The number of carbonyl (C=O) groups is 1. The smallest absolute Gasteiger partial charge is 0.138 e. The lowest BCUT2D eigenvalue weighted by molar-refractivity contribution is -0.117. The molecule has 0 aromatic carbocycles. The molecule has 0 spiro atoms. The first-order valence-corrected chi connectivity index (χ1v) is 3.79. The molecule has 0 unspecified atom stereocenters. The number of hydrogen-bond acceptors (Lipinski definition) is 3. The van der Waals surface area contributed by atoms with Gasteiger partial charge in [-0.05, 0) is 6.92 Å². The number of hydrogen-bond donors (Lipinski definition) is 0. The molecule has 0 fully saturated rings. The molecule has 0 rings (SSSR count). The summed E-state index contributed by atoms with van der Waals surface area (Å²) >= 11 is 0. The Morgan fingerprint density at radius 2 is 2.00 bits per heavy atom. The van der Waals surface area contributed by atoms with Crippen LogP contribution in [0.15, 0.2) is 5.10 Å². The second-order valence-corrected chi connectivity index (χ2v) is 2.75. The van der Waals surface area contributed by atoms with Crippen molar-refractivity contribution in [2.24, 2.45) is 5.10 Å². The molecule has 0 heterocycles. The zero-order valence-electron chi connectivity index (χ0n) is 7.72. The van der Waals surface area contributed by atoms with Gasteiger partial charge in [0.25, 0.3) is 0 Å². The summed E-state index contributed by atoms with van der Waals surface area (Å²) in [4.78, 5) is 10.9. The Balaban J connectivity index is 3.86. The SMILES string of the molecule is CCC(=O)CC(C)=NN(C)C. The highest BCUT2D eigenvalue weighted by Crippen LogP contribution is 1.93. The maximum atomic E-state index is 10.9. The highest BCUT2D eigenvalue weighted by molar-refractivity contribution is 6.00. The predicted octanol–water partition coefficient (Wildman–Crippen LogP) is 1.29. The number of rotatable bonds is 4. The van der Waals surface area contributed by atoms with Crippen LogP contribution >= 0.6 is 0 Å². The third-order valence-electron chi connectivity index (χ3n) is 1.22. The molecule has 0 amide bonds. The van der Waals surface area contributed by atoms with Gasteiger partial charge in [-0.25, -0.2) is 0 Å². The first-order valence-electron chi connectivity index (χ1n) is 3.79. The van der Waals surface area contributed by atoms with Crippen molar-refractivity contribution in [1.82, 2.24) is 5.01 Å². The molecule has 0 atom stereocenters. The van der Waals surface area contributed by atoms with Gasteiger partial charge in [0.05, 0.1) is 0 Å². The van der Waals surface area contributed by atoms with Gasteiger partial charge in [0, 0.05) is 32.6 Å². The Hall–Kier alpha value is -0.860. The number of Topliss-reactive ketones (excluding diaryl/α,β-unsaturated/α-hetero) is 1. The summed E-state index contributed by atoms with van der Waals surface area (Å²) in [7, 11) is 3.69. The van der Waals surface area contributed by atoms with Crippen LogP contribution in [-0.2, 0) is 4.79 Å². The zero-order chi connectivity index (χ0) is 8.85. The van der Waals surface area contributed by atoms with Crippen LogP contribution in [0.5, 0.6) is 0 Å². The quantitative estimate of drug-likeness (QED) is 0.454. The summed E-state index contributed by atoms with van der Waals surface area (Å²) in [6.45, 7) is 3.73. The van der Waals surface area contributed by atoms with Gasteiger partial charge < -0.3 is 5.01 Å². The molecule has 3 nitrogen and oxygen atoms in total. The molecule has 0 saturated carbocycles. The third-order valence-corrected chi connectivity index (χ3v) is 1.22. The second kappa shape index (κ2) is 4.88. The largest absolute Gasteiger partial charge is 0.303 e. The molecule has 0 aromatic rings. The van der Waals surface area contributed by atoms with Crippen LogP contribution in [0.25, 0.3) is 0 Å². The van der Waals surface area contributed by atoms with E-state index < -0.39 is 0 Å². The van der Waals surface area contributed by atoms with Crippen molar-refractivity contribution in [3.8, 4) is 0 Å². The summed E-state index contributed by atoms with van der Waals surface area (Å²) in [6.07, 6.45) is 1.08. The fraction of sp³-hybridized carbons (Fsp3) is 0.750. The van der Waals surface area contributed by atoms with E-state index in [1.165, 1.54) is 0 Å². The van der Waals surface area contributed by atoms with E-state index in [2.05, 4.69) is 5.10 Å². The molecule has 0 saturated heterocycles. The fourth-order valence-corrected chi connectivity index (χ4v) is 0.787. The van der Waals surface area contributed by atoms with E-state index in [1.807, 2.05) is 27.9 Å². The number of hydrazone groups is 1. The Morgan fingerprint density at radius 1 is 1.45 bits per heavy atom. The molecular formula is C8H16N2O. The van der Waals surface area contributed by atoms with Crippen LogP contribution in [0, 0.1) is 0 Å².